The van der Waals surface area contributed by atoms with E-state index in [-0.39, 0.29) is 34.5 Å². The Bertz CT molecular complexity index is 1660. The zero-order chi connectivity index (χ0) is 25.9. The summed E-state index contributed by atoms with van der Waals surface area (Å²) < 4.78 is 17.9. The van der Waals surface area contributed by atoms with E-state index in [0.717, 1.165) is 31.5 Å². The molecule has 0 amide bonds. The Morgan fingerprint density at radius 2 is 2.05 bits per heavy atom. The number of nitriles is 1. The van der Waals surface area contributed by atoms with Gasteiger partial charge in [-0.25, -0.2) is 23.7 Å². The molecular weight excluding hydrogens is 471 g/mol. The normalized spacial score (nSPS) is 16.0. The molecule has 37 heavy (non-hydrogen) atoms. The van der Waals surface area contributed by atoms with Crippen molar-refractivity contribution >= 4 is 22.7 Å². The molecule has 0 bridgehead atoms. The maximum absolute atomic E-state index is 15.1. The van der Waals surface area contributed by atoms with Crippen LogP contribution in [0.25, 0.3) is 16.9 Å². The Kier molecular flexibility index (Phi) is 5.17. The highest BCUT2D eigenvalue weighted by Gasteiger charge is 2.46. The topological polar surface area (TPSA) is 113 Å². The molecule has 1 aromatic carbocycles. The summed E-state index contributed by atoms with van der Waals surface area (Å²) in [6, 6.07) is 11.2. The van der Waals surface area contributed by atoms with Gasteiger partial charge in [-0.05, 0) is 75.4 Å². The van der Waals surface area contributed by atoms with Crippen molar-refractivity contribution in [3.05, 3.63) is 69.5 Å². The third-order valence-corrected chi connectivity index (χ3v) is 7.41. The van der Waals surface area contributed by atoms with Gasteiger partial charge >= 0.3 is 0 Å². The molecule has 0 unspecified atom stereocenters. The lowest BCUT2D eigenvalue weighted by Gasteiger charge is -2.27. The minimum absolute atomic E-state index is 0.0876. The quantitative estimate of drug-likeness (QED) is 0.430. The number of hydrogen-bond donors (Lipinski definition) is 2. The summed E-state index contributed by atoms with van der Waals surface area (Å²) in [5.74, 6) is -0.420. The third kappa shape index (κ3) is 3.69. The number of pyridine rings is 1. The minimum atomic E-state index is -0.939. The van der Waals surface area contributed by atoms with E-state index < -0.39 is 11.2 Å². The Morgan fingerprint density at radius 3 is 2.78 bits per heavy atom. The highest BCUT2D eigenvalue weighted by Crippen LogP contribution is 2.48. The highest BCUT2D eigenvalue weighted by atomic mass is 19.1. The summed E-state index contributed by atoms with van der Waals surface area (Å²) >= 11 is 0. The van der Waals surface area contributed by atoms with E-state index in [4.69, 9.17) is 0 Å². The fraction of sp³-hybridized carbons (Fsp3) is 0.370. The van der Waals surface area contributed by atoms with Crippen LogP contribution < -0.4 is 16.2 Å². The number of nitrogens with zero attached hydrogens (tertiary/aromatic N) is 6. The van der Waals surface area contributed by atoms with E-state index in [1.54, 1.807) is 20.8 Å². The van der Waals surface area contributed by atoms with Gasteiger partial charge in [0.15, 0.2) is 17.3 Å². The summed E-state index contributed by atoms with van der Waals surface area (Å²) in [4.78, 5) is 26.6. The number of nitrogens with one attached hydrogen (secondary N) is 2. The van der Waals surface area contributed by atoms with Gasteiger partial charge in [0.2, 0.25) is 5.95 Å². The summed E-state index contributed by atoms with van der Waals surface area (Å²) in [6.45, 7) is 6.43. The summed E-state index contributed by atoms with van der Waals surface area (Å²) in [5, 5.41) is 16.7. The molecule has 9 nitrogen and oxygen atoms in total. The van der Waals surface area contributed by atoms with Crippen molar-refractivity contribution in [2.24, 2.45) is 0 Å². The average molecular weight is 499 g/mol. The smallest absolute Gasteiger partial charge is 0.278 e. The molecule has 3 aromatic heterocycles. The van der Waals surface area contributed by atoms with Gasteiger partial charge < -0.3 is 10.6 Å². The van der Waals surface area contributed by atoms with Crippen LogP contribution >= 0.6 is 0 Å². The molecule has 2 aliphatic rings. The largest absolute Gasteiger partial charge is 0.324 e. The first kappa shape index (κ1) is 23.3. The number of aromatic nitrogens is 5. The predicted molar refractivity (Wildman–Crippen MR) is 138 cm³/mol. The van der Waals surface area contributed by atoms with E-state index in [0.29, 0.717) is 11.6 Å². The molecule has 0 atom stereocenters. The lowest BCUT2D eigenvalue weighted by molar-refractivity contribution is 0.490. The minimum Gasteiger partial charge on any atom is -0.324 e. The van der Waals surface area contributed by atoms with Gasteiger partial charge in [0, 0.05) is 30.5 Å². The van der Waals surface area contributed by atoms with Gasteiger partial charge in [0.25, 0.3) is 5.56 Å². The van der Waals surface area contributed by atoms with Gasteiger partial charge in [0.05, 0.1) is 17.2 Å². The van der Waals surface area contributed by atoms with Crippen LogP contribution in [0.2, 0.25) is 0 Å². The lowest BCUT2D eigenvalue weighted by atomic mass is 9.91. The Balaban J connectivity index is 1.45. The van der Waals surface area contributed by atoms with Crippen molar-refractivity contribution < 1.29 is 4.39 Å². The number of anilines is 2. The van der Waals surface area contributed by atoms with Crippen LogP contribution in [0.3, 0.4) is 0 Å². The van der Waals surface area contributed by atoms with Crippen LogP contribution in [0.4, 0.5) is 16.0 Å². The Morgan fingerprint density at radius 1 is 1.24 bits per heavy atom. The Hall–Kier alpha value is -4.10. The van der Waals surface area contributed by atoms with Crippen LogP contribution in [-0.4, -0.2) is 30.9 Å². The van der Waals surface area contributed by atoms with Gasteiger partial charge in [0.1, 0.15) is 5.39 Å². The van der Waals surface area contributed by atoms with Crippen molar-refractivity contribution in [3.63, 3.8) is 0 Å². The number of hydrogen-bond acceptors (Lipinski definition) is 7. The Labute approximate surface area is 213 Å². The van der Waals surface area contributed by atoms with E-state index >= 15 is 4.39 Å². The van der Waals surface area contributed by atoms with Crippen LogP contribution in [0, 0.1) is 17.1 Å². The standard InChI is InChI=1S/C27H27FN8O/c1-4-35-24(37)18-14-30-25(32-17-5-6-19-16(13-17)9-12-31-27(19)10-11-27)34-22(18)36(35)23-20(28)7-8-21(33-23)26(2,3)15-29/h5-8,13-14,31H,4,9-12H2,1-3H3,(H,30,32,34). The van der Waals surface area contributed by atoms with Crippen LogP contribution in [0.5, 0.6) is 0 Å². The molecule has 188 valence electrons. The molecule has 0 radical (unpaired) electrons. The molecule has 4 heterocycles. The number of fused-ring (bicyclic) bond motifs is 3. The molecule has 2 N–H and O–H groups in total. The highest BCUT2D eigenvalue weighted by molar-refractivity contribution is 5.77. The van der Waals surface area contributed by atoms with Crippen molar-refractivity contribution in [1.82, 2.24) is 29.6 Å². The van der Waals surface area contributed by atoms with Gasteiger partial charge in [-0.2, -0.15) is 10.2 Å². The second-order valence-electron chi connectivity index (χ2n) is 10.3. The SMILES string of the molecule is CCn1c(=O)c2cnc(Nc3ccc4c(c3)CCNC43CC3)nc2n1-c1nc(C(C)(C)C#N)ccc1F. The molecular formula is C27H27FN8O. The second-order valence-corrected chi connectivity index (χ2v) is 10.3. The fourth-order valence-electron chi connectivity index (χ4n) is 5.15. The average Bonchev–Trinajstić information content (AvgIpc) is 3.61. The summed E-state index contributed by atoms with van der Waals surface area (Å²) in [7, 11) is 0. The molecule has 1 aliphatic heterocycles. The number of benzene rings is 1. The molecule has 6 rings (SSSR count). The van der Waals surface area contributed by atoms with Gasteiger partial charge in [-0.3, -0.25) is 4.79 Å². The first-order chi connectivity index (χ1) is 17.8. The first-order valence-corrected chi connectivity index (χ1v) is 12.5. The zero-order valence-electron chi connectivity index (χ0n) is 21.0. The summed E-state index contributed by atoms with van der Waals surface area (Å²) in [6.07, 6.45) is 4.73. The van der Waals surface area contributed by atoms with Crippen LogP contribution in [0.1, 0.15) is 50.4 Å². The number of rotatable bonds is 5. The predicted octanol–water partition coefficient (Wildman–Crippen LogP) is 3.82. The van der Waals surface area contributed by atoms with Crippen LogP contribution in [-0.2, 0) is 23.9 Å². The molecule has 0 saturated heterocycles. The third-order valence-electron chi connectivity index (χ3n) is 7.41. The molecule has 10 heteroatoms. The van der Waals surface area contributed by atoms with Crippen molar-refractivity contribution in [2.75, 3.05) is 11.9 Å². The molecule has 1 aliphatic carbocycles. The zero-order valence-corrected chi connectivity index (χ0v) is 21.0. The van der Waals surface area contributed by atoms with Crippen molar-refractivity contribution in [3.8, 4) is 11.9 Å². The van der Waals surface area contributed by atoms with Crippen molar-refractivity contribution in [2.45, 2.75) is 57.5 Å². The maximum atomic E-state index is 15.1. The van der Waals surface area contributed by atoms with Crippen molar-refractivity contribution in [1.29, 1.82) is 5.26 Å². The van der Waals surface area contributed by atoms with Gasteiger partial charge in [-0.1, -0.05) is 6.07 Å². The number of halogens is 1. The fourth-order valence-corrected chi connectivity index (χ4v) is 5.15. The first-order valence-electron chi connectivity index (χ1n) is 12.5. The summed E-state index contributed by atoms with van der Waals surface area (Å²) in [5.41, 5.74) is 3.01. The molecule has 1 fully saturated rings. The van der Waals surface area contributed by atoms with Crippen LogP contribution in [0.15, 0.2) is 41.3 Å². The maximum Gasteiger partial charge on any atom is 0.278 e. The van der Waals surface area contributed by atoms with E-state index in [1.807, 2.05) is 6.07 Å². The monoisotopic (exact) mass is 498 g/mol. The molecule has 4 aromatic rings. The lowest BCUT2D eigenvalue weighted by Crippen LogP contribution is -2.36. The van der Waals surface area contributed by atoms with Gasteiger partial charge in [-0.15, -0.1) is 0 Å². The molecule has 1 spiro atoms. The van der Waals surface area contributed by atoms with E-state index in [2.05, 4.69) is 43.8 Å². The van der Waals surface area contributed by atoms with E-state index in [9.17, 15) is 10.1 Å². The molecule has 1 saturated carbocycles. The second kappa shape index (κ2) is 8.21. The van der Waals surface area contributed by atoms with E-state index in [1.165, 1.54) is 38.8 Å².